The number of methoxy groups -OCH3 is 1. The standard InChI is InChI=1S/C21H24N2O4/c1-25-19-4-2-3-17(11-19)20(24)23-14-21(15-23)18(7-10-27-21)13-26-12-16-5-8-22-9-6-16/h2-6,8-9,11,18H,7,10,12-15H2,1H3/t18-/m1/s1. The lowest BCUT2D eigenvalue weighted by Crippen LogP contribution is -2.66. The molecule has 0 saturated carbocycles. The quantitative estimate of drug-likeness (QED) is 0.784. The van der Waals surface area contributed by atoms with Crippen molar-refractivity contribution in [3.8, 4) is 5.75 Å². The normalized spacial score (nSPS) is 20.5. The van der Waals surface area contributed by atoms with Crippen LogP contribution in [0.25, 0.3) is 0 Å². The second-order valence-corrected chi connectivity index (χ2v) is 7.16. The first-order valence-corrected chi connectivity index (χ1v) is 9.24. The third-order valence-electron chi connectivity index (χ3n) is 5.46. The van der Waals surface area contributed by atoms with E-state index in [2.05, 4.69) is 4.98 Å². The van der Waals surface area contributed by atoms with Crippen LogP contribution in [0.5, 0.6) is 5.75 Å². The minimum absolute atomic E-state index is 0.0199. The van der Waals surface area contributed by atoms with Crippen molar-refractivity contribution in [1.82, 2.24) is 9.88 Å². The molecule has 0 bridgehead atoms. The highest BCUT2D eigenvalue weighted by Gasteiger charge is 2.54. The van der Waals surface area contributed by atoms with Gasteiger partial charge in [-0.2, -0.15) is 0 Å². The topological polar surface area (TPSA) is 60.9 Å². The molecule has 0 radical (unpaired) electrons. The van der Waals surface area contributed by atoms with E-state index in [9.17, 15) is 4.79 Å². The molecule has 1 aromatic carbocycles. The number of nitrogens with zero attached hydrogens (tertiary/aromatic N) is 2. The Labute approximate surface area is 159 Å². The van der Waals surface area contributed by atoms with Gasteiger partial charge in [0.15, 0.2) is 0 Å². The predicted octanol–water partition coefficient (Wildman–Crippen LogP) is 2.54. The van der Waals surface area contributed by atoms with Crippen LogP contribution in [0.4, 0.5) is 0 Å². The van der Waals surface area contributed by atoms with Gasteiger partial charge < -0.3 is 19.1 Å². The van der Waals surface area contributed by atoms with Crippen LogP contribution in [0, 0.1) is 5.92 Å². The Kier molecular flexibility index (Phi) is 5.09. The molecule has 2 aliphatic rings. The van der Waals surface area contributed by atoms with E-state index in [1.54, 1.807) is 25.6 Å². The van der Waals surface area contributed by atoms with E-state index < -0.39 is 0 Å². The molecule has 1 aromatic heterocycles. The number of carbonyl (C=O) groups is 1. The maximum absolute atomic E-state index is 12.7. The molecular formula is C21H24N2O4. The van der Waals surface area contributed by atoms with E-state index in [0.29, 0.717) is 43.5 Å². The van der Waals surface area contributed by atoms with Crippen LogP contribution in [0.3, 0.4) is 0 Å². The van der Waals surface area contributed by atoms with Crippen molar-refractivity contribution in [2.75, 3.05) is 33.4 Å². The fraction of sp³-hybridized carbons (Fsp3) is 0.429. The van der Waals surface area contributed by atoms with E-state index in [-0.39, 0.29) is 11.5 Å². The zero-order chi connectivity index (χ0) is 18.7. The van der Waals surface area contributed by atoms with Gasteiger partial charge in [0, 0.05) is 30.5 Å². The Bertz CT molecular complexity index is 790. The van der Waals surface area contributed by atoms with Crippen molar-refractivity contribution in [2.45, 2.75) is 18.6 Å². The Morgan fingerprint density at radius 2 is 2.11 bits per heavy atom. The molecule has 2 aromatic rings. The molecule has 4 rings (SSSR count). The summed E-state index contributed by atoms with van der Waals surface area (Å²) in [6.07, 6.45) is 4.51. The minimum Gasteiger partial charge on any atom is -0.497 e. The highest BCUT2D eigenvalue weighted by molar-refractivity contribution is 5.95. The van der Waals surface area contributed by atoms with Crippen molar-refractivity contribution in [2.24, 2.45) is 5.92 Å². The number of rotatable bonds is 6. The highest BCUT2D eigenvalue weighted by Crippen LogP contribution is 2.40. The summed E-state index contributed by atoms with van der Waals surface area (Å²) in [5.74, 6) is 1.02. The Morgan fingerprint density at radius 1 is 1.30 bits per heavy atom. The predicted molar refractivity (Wildman–Crippen MR) is 99.6 cm³/mol. The lowest BCUT2D eigenvalue weighted by Gasteiger charge is -2.50. The molecule has 0 unspecified atom stereocenters. The van der Waals surface area contributed by atoms with Crippen molar-refractivity contribution in [1.29, 1.82) is 0 Å². The Balaban J connectivity index is 1.32. The molecule has 142 valence electrons. The van der Waals surface area contributed by atoms with Crippen LogP contribution in [-0.4, -0.2) is 54.8 Å². The van der Waals surface area contributed by atoms with Crippen molar-refractivity contribution >= 4 is 5.91 Å². The number of amides is 1. The summed E-state index contributed by atoms with van der Waals surface area (Å²) >= 11 is 0. The Hall–Kier alpha value is -2.44. The van der Waals surface area contributed by atoms with Gasteiger partial charge in [-0.05, 0) is 42.3 Å². The number of likely N-dealkylation sites (tertiary alicyclic amines) is 1. The lowest BCUT2D eigenvalue weighted by molar-refractivity contribution is -0.129. The third kappa shape index (κ3) is 3.68. The second kappa shape index (κ2) is 7.66. The number of hydrogen-bond acceptors (Lipinski definition) is 5. The van der Waals surface area contributed by atoms with Gasteiger partial charge in [0.05, 0.1) is 33.4 Å². The van der Waals surface area contributed by atoms with Gasteiger partial charge in [0.1, 0.15) is 11.4 Å². The van der Waals surface area contributed by atoms with E-state index >= 15 is 0 Å². The van der Waals surface area contributed by atoms with Gasteiger partial charge in [0.2, 0.25) is 0 Å². The molecule has 2 aliphatic heterocycles. The first kappa shape index (κ1) is 17.9. The fourth-order valence-corrected chi connectivity index (χ4v) is 3.85. The van der Waals surface area contributed by atoms with E-state index in [1.165, 1.54) is 0 Å². The van der Waals surface area contributed by atoms with Gasteiger partial charge in [-0.3, -0.25) is 9.78 Å². The van der Waals surface area contributed by atoms with Crippen LogP contribution in [0.15, 0.2) is 48.8 Å². The summed E-state index contributed by atoms with van der Waals surface area (Å²) < 4.78 is 17.2. The second-order valence-electron chi connectivity index (χ2n) is 7.16. The van der Waals surface area contributed by atoms with Crippen molar-refractivity contribution in [3.05, 3.63) is 59.9 Å². The van der Waals surface area contributed by atoms with Gasteiger partial charge in [0.25, 0.3) is 5.91 Å². The zero-order valence-corrected chi connectivity index (χ0v) is 15.5. The van der Waals surface area contributed by atoms with Crippen molar-refractivity contribution < 1.29 is 19.0 Å². The van der Waals surface area contributed by atoms with Gasteiger partial charge in [-0.25, -0.2) is 0 Å². The largest absolute Gasteiger partial charge is 0.497 e. The molecule has 2 fully saturated rings. The van der Waals surface area contributed by atoms with Gasteiger partial charge in [-0.1, -0.05) is 6.07 Å². The molecular weight excluding hydrogens is 344 g/mol. The van der Waals surface area contributed by atoms with Crippen LogP contribution >= 0.6 is 0 Å². The van der Waals surface area contributed by atoms with Crippen LogP contribution in [-0.2, 0) is 16.1 Å². The number of ether oxygens (including phenoxy) is 3. The summed E-state index contributed by atoms with van der Waals surface area (Å²) in [7, 11) is 1.60. The number of pyridine rings is 1. The first-order valence-electron chi connectivity index (χ1n) is 9.24. The lowest BCUT2D eigenvalue weighted by atomic mass is 9.81. The monoisotopic (exact) mass is 368 g/mol. The van der Waals surface area contributed by atoms with Crippen LogP contribution < -0.4 is 4.74 Å². The van der Waals surface area contributed by atoms with Crippen molar-refractivity contribution in [3.63, 3.8) is 0 Å². The summed E-state index contributed by atoms with van der Waals surface area (Å²) in [5.41, 5.74) is 1.50. The molecule has 27 heavy (non-hydrogen) atoms. The van der Waals surface area contributed by atoms with E-state index in [4.69, 9.17) is 14.2 Å². The Morgan fingerprint density at radius 3 is 2.89 bits per heavy atom. The molecule has 6 nitrogen and oxygen atoms in total. The summed E-state index contributed by atoms with van der Waals surface area (Å²) in [4.78, 5) is 18.6. The molecule has 6 heteroatoms. The molecule has 1 atom stereocenters. The number of benzene rings is 1. The fourth-order valence-electron chi connectivity index (χ4n) is 3.85. The smallest absolute Gasteiger partial charge is 0.254 e. The van der Waals surface area contributed by atoms with Gasteiger partial charge >= 0.3 is 0 Å². The van der Waals surface area contributed by atoms with Crippen LogP contribution in [0.2, 0.25) is 0 Å². The molecule has 3 heterocycles. The van der Waals surface area contributed by atoms with E-state index in [0.717, 1.165) is 18.6 Å². The maximum atomic E-state index is 12.7. The average Bonchev–Trinajstić information content (AvgIpc) is 3.11. The number of carbonyl (C=O) groups excluding carboxylic acids is 1. The molecule has 1 spiro atoms. The maximum Gasteiger partial charge on any atom is 0.254 e. The molecule has 1 amide bonds. The molecule has 0 aliphatic carbocycles. The molecule has 2 saturated heterocycles. The number of aromatic nitrogens is 1. The van der Waals surface area contributed by atoms with E-state index in [1.807, 2.05) is 35.2 Å². The first-order chi connectivity index (χ1) is 13.2. The highest BCUT2D eigenvalue weighted by atomic mass is 16.5. The summed E-state index contributed by atoms with van der Waals surface area (Å²) in [6, 6.07) is 11.2. The average molecular weight is 368 g/mol. The molecule has 0 N–H and O–H groups in total. The number of hydrogen-bond donors (Lipinski definition) is 0. The SMILES string of the molecule is COc1cccc(C(=O)N2CC3(C2)OCC[C@@H]3COCc2ccncc2)c1. The summed E-state index contributed by atoms with van der Waals surface area (Å²) in [6.45, 7) is 3.17. The minimum atomic E-state index is -0.257. The summed E-state index contributed by atoms with van der Waals surface area (Å²) in [5, 5.41) is 0. The van der Waals surface area contributed by atoms with Crippen LogP contribution in [0.1, 0.15) is 22.3 Å². The zero-order valence-electron chi connectivity index (χ0n) is 15.5. The third-order valence-corrected chi connectivity index (χ3v) is 5.46. The van der Waals surface area contributed by atoms with Gasteiger partial charge in [-0.15, -0.1) is 0 Å².